The number of halogens is 1. The lowest BCUT2D eigenvalue weighted by molar-refractivity contribution is 0.432. The third-order valence-electron chi connectivity index (χ3n) is 3.25. The summed E-state index contributed by atoms with van der Waals surface area (Å²) in [6.45, 7) is 6.06. The van der Waals surface area contributed by atoms with E-state index < -0.39 is 5.82 Å². The maximum Gasteiger partial charge on any atom is 0.167 e. The topological polar surface area (TPSA) is 35.2 Å². The van der Waals surface area contributed by atoms with Crippen molar-refractivity contribution >= 4 is 0 Å². The first-order valence-corrected chi connectivity index (χ1v) is 6.81. The summed E-state index contributed by atoms with van der Waals surface area (Å²) in [5, 5.41) is 0. The molecule has 2 aromatic rings. The van der Waals surface area contributed by atoms with Crippen molar-refractivity contribution in [3.8, 4) is 11.5 Å². The molecule has 0 spiro atoms. The molecule has 0 saturated heterocycles. The molecule has 20 heavy (non-hydrogen) atoms. The van der Waals surface area contributed by atoms with E-state index in [1.807, 2.05) is 31.2 Å². The largest absolute Gasteiger partial charge is 0.454 e. The second-order valence-corrected chi connectivity index (χ2v) is 5.27. The molecule has 0 radical (unpaired) electrons. The monoisotopic (exact) mass is 273 g/mol. The van der Waals surface area contributed by atoms with Gasteiger partial charge in [-0.05, 0) is 36.6 Å². The SMILES string of the molecule is CC(C)c1ccc(Oc2c(F)cccc2[C@@H](C)N)cc1. The zero-order valence-electron chi connectivity index (χ0n) is 12.1. The van der Waals surface area contributed by atoms with E-state index in [-0.39, 0.29) is 11.8 Å². The molecule has 106 valence electrons. The Hall–Kier alpha value is -1.87. The van der Waals surface area contributed by atoms with Crippen molar-refractivity contribution in [3.05, 3.63) is 59.4 Å². The zero-order chi connectivity index (χ0) is 14.7. The van der Waals surface area contributed by atoms with Crippen molar-refractivity contribution < 1.29 is 9.13 Å². The van der Waals surface area contributed by atoms with Crippen LogP contribution >= 0.6 is 0 Å². The average molecular weight is 273 g/mol. The average Bonchev–Trinajstić information content (AvgIpc) is 2.41. The van der Waals surface area contributed by atoms with Crippen molar-refractivity contribution in [2.45, 2.75) is 32.7 Å². The highest BCUT2D eigenvalue weighted by Crippen LogP contribution is 2.32. The van der Waals surface area contributed by atoms with E-state index in [0.29, 0.717) is 17.2 Å². The van der Waals surface area contributed by atoms with E-state index in [9.17, 15) is 4.39 Å². The minimum absolute atomic E-state index is 0.208. The van der Waals surface area contributed by atoms with E-state index in [0.717, 1.165) is 0 Å². The van der Waals surface area contributed by atoms with Gasteiger partial charge < -0.3 is 10.5 Å². The summed E-state index contributed by atoms with van der Waals surface area (Å²) in [5.41, 5.74) is 7.74. The molecule has 0 aliphatic carbocycles. The van der Waals surface area contributed by atoms with Gasteiger partial charge in [-0.25, -0.2) is 4.39 Å². The second kappa shape index (κ2) is 6.06. The van der Waals surface area contributed by atoms with E-state index in [1.54, 1.807) is 12.1 Å². The van der Waals surface area contributed by atoms with Crippen LogP contribution in [0.25, 0.3) is 0 Å². The summed E-state index contributed by atoms with van der Waals surface area (Å²) in [7, 11) is 0. The van der Waals surface area contributed by atoms with Gasteiger partial charge in [-0.1, -0.05) is 38.1 Å². The van der Waals surface area contributed by atoms with Crippen LogP contribution in [-0.2, 0) is 0 Å². The summed E-state index contributed by atoms with van der Waals surface area (Å²) in [4.78, 5) is 0. The van der Waals surface area contributed by atoms with Gasteiger partial charge in [0, 0.05) is 11.6 Å². The first-order valence-electron chi connectivity index (χ1n) is 6.81. The zero-order valence-corrected chi connectivity index (χ0v) is 12.1. The fourth-order valence-electron chi connectivity index (χ4n) is 2.03. The fraction of sp³-hybridized carbons (Fsp3) is 0.294. The number of nitrogens with two attached hydrogens (primary N) is 1. The normalized spacial score (nSPS) is 12.5. The van der Waals surface area contributed by atoms with E-state index in [2.05, 4.69) is 13.8 Å². The van der Waals surface area contributed by atoms with Crippen molar-refractivity contribution in [2.24, 2.45) is 5.73 Å². The molecule has 2 rings (SSSR count). The first kappa shape index (κ1) is 14.5. The summed E-state index contributed by atoms with van der Waals surface area (Å²) >= 11 is 0. The van der Waals surface area contributed by atoms with Gasteiger partial charge >= 0.3 is 0 Å². The van der Waals surface area contributed by atoms with Gasteiger partial charge in [-0.3, -0.25) is 0 Å². The van der Waals surface area contributed by atoms with Gasteiger partial charge in [0.25, 0.3) is 0 Å². The minimum Gasteiger partial charge on any atom is -0.454 e. The molecule has 3 heteroatoms. The van der Waals surface area contributed by atoms with E-state index >= 15 is 0 Å². The molecule has 2 N–H and O–H groups in total. The second-order valence-electron chi connectivity index (χ2n) is 5.27. The first-order chi connectivity index (χ1) is 9.49. The van der Waals surface area contributed by atoms with Crippen LogP contribution in [0.2, 0.25) is 0 Å². The molecule has 0 aliphatic heterocycles. The minimum atomic E-state index is -0.396. The molecule has 0 aromatic heterocycles. The van der Waals surface area contributed by atoms with Crippen LogP contribution in [0, 0.1) is 5.82 Å². The summed E-state index contributed by atoms with van der Waals surface area (Å²) in [6, 6.07) is 12.2. The molecule has 0 amide bonds. The van der Waals surface area contributed by atoms with E-state index in [1.165, 1.54) is 11.6 Å². The van der Waals surface area contributed by atoms with Crippen LogP contribution in [0.3, 0.4) is 0 Å². The molecule has 1 atom stereocenters. The Balaban J connectivity index is 2.30. The third-order valence-corrected chi connectivity index (χ3v) is 3.25. The fourth-order valence-corrected chi connectivity index (χ4v) is 2.03. The molecular formula is C17H20FNO. The van der Waals surface area contributed by atoms with E-state index in [4.69, 9.17) is 10.5 Å². The number of rotatable bonds is 4. The standard InChI is InChI=1S/C17H20FNO/c1-11(2)13-7-9-14(10-8-13)20-17-15(12(3)19)5-4-6-16(17)18/h4-12H,19H2,1-3H3/t12-/m1/s1. The third kappa shape index (κ3) is 3.17. The predicted molar refractivity (Wildman–Crippen MR) is 79.6 cm³/mol. The molecule has 0 saturated carbocycles. The van der Waals surface area contributed by atoms with Gasteiger partial charge in [0.05, 0.1) is 0 Å². The maximum absolute atomic E-state index is 13.9. The predicted octanol–water partition coefficient (Wildman–Crippen LogP) is 4.76. The molecule has 0 heterocycles. The van der Waals surface area contributed by atoms with Crippen molar-refractivity contribution in [1.82, 2.24) is 0 Å². The van der Waals surface area contributed by atoms with Crippen molar-refractivity contribution in [2.75, 3.05) is 0 Å². The summed E-state index contributed by atoms with van der Waals surface area (Å²) < 4.78 is 19.6. The molecule has 2 nitrogen and oxygen atoms in total. The number of hydrogen-bond donors (Lipinski definition) is 1. The van der Waals surface area contributed by atoms with Gasteiger partial charge in [-0.15, -0.1) is 0 Å². The maximum atomic E-state index is 13.9. The lowest BCUT2D eigenvalue weighted by Gasteiger charge is -2.15. The number of benzene rings is 2. The Morgan fingerprint density at radius 3 is 2.20 bits per heavy atom. The van der Waals surface area contributed by atoms with Crippen molar-refractivity contribution in [1.29, 1.82) is 0 Å². The number of para-hydroxylation sites is 1. The van der Waals surface area contributed by atoms with Crippen LogP contribution in [0.1, 0.15) is 43.9 Å². The molecule has 0 unspecified atom stereocenters. The number of hydrogen-bond acceptors (Lipinski definition) is 2. The smallest absolute Gasteiger partial charge is 0.167 e. The Morgan fingerprint density at radius 2 is 1.65 bits per heavy atom. The Kier molecular flexibility index (Phi) is 4.40. The highest BCUT2D eigenvalue weighted by Gasteiger charge is 2.14. The molecule has 0 fully saturated rings. The van der Waals surface area contributed by atoms with Crippen LogP contribution in [0.5, 0.6) is 11.5 Å². The van der Waals surface area contributed by atoms with Crippen molar-refractivity contribution in [3.63, 3.8) is 0 Å². The Morgan fingerprint density at radius 1 is 1.00 bits per heavy atom. The highest BCUT2D eigenvalue weighted by atomic mass is 19.1. The molecule has 2 aromatic carbocycles. The van der Waals surface area contributed by atoms with Gasteiger partial charge in [0.2, 0.25) is 0 Å². The van der Waals surface area contributed by atoms with Gasteiger partial charge in [-0.2, -0.15) is 0 Å². The van der Waals surface area contributed by atoms with Crippen LogP contribution in [0.4, 0.5) is 4.39 Å². The van der Waals surface area contributed by atoms with Gasteiger partial charge in [0.1, 0.15) is 5.75 Å². The molecule has 0 bridgehead atoms. The number of ether oxygens (including phenoxy) is 1. The van der Waals surface area contributed by atoms with Crippen LogP contribution < -0.4 is 10.5 Å². The summed E-state index contributed by atoms with van der Waals surface area (Å²) in [6.07, 6.45) is 0. The lowest BCUT2D eigenvalue weighted by Crippen LogP contribution is -2.07. The van der Waals surface area contributed by atoms with Crippen LogP contribution in [-0.4, -0.2) is 0 Å². The van der Waals surface area contributed by atoms with Gasteiger partial charge in [0.15, 0.2) is 11.6 Å². The Bertz CT molecular complexity index is 576. The van der Waals surface area contributed by atoms with Crippen LogP contribution in [0.15, 0.2) is 42.5 Å². The Labute approximate surface area is 119 Å². The highest BCUT2D eigenvalue weighted by molar-refractivity contribution is 5.41. The summed E-state index contributed by atoms with van der Waals surface area (Å²) in [5.74, 6) is 0.881. The lowest BCUT2D eigenvalue weighted by atomic mass is 10.0. The quantitative estimate of drug-likeness (QED) is 0.871. The molecule has 0 aliphatic rings. The molecular weight excluding hydrogens is 253 g/mol.